The first-order valence-electron chi connectivity index (χ1n) is 11.2. The molecule has 7 nitrogen and oxygen atoms in total. The topological polar surface area (TPSA) is 63.9 Å². The fourth-order valence-electron chi connectivity index (χ4n) is 5.74. The number of anilines is 1. The van der Waals surface area contributed by atoms with Crippen molar-refractivity contribution in [3.8, 4) is 5.75 Å². The van der Waals surface area contributed by atoms with E-state index < -0.39 is 0 Å². The summed E-state index contributed by atoms with van der Waals surface area (Å²) in [5.74, 6) is 1.62. The van der Waals surface area contributed by atoms with Crippen molar-refractivity contribution in [3.63, 3.8) is 0 Å². The van der Waals surface area contributed by atoms with Gasteiger partial charge in [0, 0.05) is 31.7 Å². The van der Waals surface area contributed by atoms with Crippen LogP contribution in [0.4, 0.5) is 6.01 Å². The molecule has 0 radical (unpaired) electrons. The summed E-state index contributed by atoms with van der Waals surface area (Å²) in [5.41, 5.74) is 1.82. The molecule has 1 spiro atoms. The summed E-state index contributed by atoms with van der Waals surface area (Å²) in [6, 6.07) is 9.95. The van der Waals surface area contributed by atoms with Crippen LogP contribution in [0.25, 0.3) is 0 Å². The van der Waals surface area contributed by atoms with Crippen LogP contribution < -0.4 is 9.64 Å². The standard InChI is InChI=1S/C23H32N4O3/c1-28-12-13-29-21-5-3-2-4-20(21)18-7-10-26(11-8-18)19-6-9-23(14-19)15-27(16-23)22-25-24-17-30-22/h2-5,17-19H,6-16H2,1H3/t19-/m1/s1. The zero-order chi connectivity index (χ0) is 20.4. The summed E-state index contributed by atoms with van der Waals surface area (Å²) in [4.78, 5) is 4.97. The molecule has 0 unspecified atom stereocenters. The van der Waals surface area contributed by atoms with Crippen molar-refractivity contribution in [1.82, 2.24) is 15.1 Å². The Morgan fingerprint density at radius 3 is 2.73 bits per heavy atom. The van der Waals surface area contributed by atoms with Crippen LogP contribution >= 0.6 is 0 Å². The average molecular weight is 413 g/mol. The number of aromatic nitrogens is 2. The zero-order valence-electron chi connectivity index (χ0n) is 17.8. The van der Waals surface area contributed by atoms with Gasteiger partial charge in [-0.1, -0.05) is 23.3 Å². The SMILES string of the molecule is COCCOc1ccccc1C1CCN([C@@H]2CCC3(C2)CN(c2nnco2)C3)CC1. The molecule has 2 aliphatic heterocycles. The number of hydrogen-bond acceptors (Lipinski definition) is 7. The van der Waals surface area contributed by atoms with E-state index >= 15 is 0 Å². The van der Waals surface area contributed by atoms with Crippen LogP contribution in [0, 0.1) is 5.41 Å². The third-order valence-electron chi connectivity index (χ3n) is 7.30. The smallest absolute Gasteiger partial charge is 0.317 e. The molecule has 3 aliphatic rings. The lowest BCUT2D eigenvalue weighted by Gasteiger charge is -2.48. The van der Waals surface area contributed by atoms with E-state index in [1.165, 1.54) is 57.2 Å². The van der Waals surface area contributed by atoms with Crippen LogP contribution in [-0.4, -0.2) is 67.6 Å². The third kappa shape index (κ3) is 3.93. The van der Waals surface area contributed by atoms with Crippen LogP contribution in [0.1, 0.15) is 43.6 Å². The number of benzene rings is 1. The van der Waals surface area contributed by atoms with Crippen molar-refractivity contribution in [1.29, 1.82) is 0 Å². The Kier molecular flexibility index (Phi) is 5.65. The van der Waals surface area contributed by atoms with Gasteiger partial charge in [-0.3, -0.25) is 0 Å². The summed E-state index contributed by atoms with van der Waals surface area (Å²) in [5, 5.41) is 7.86. The van der Waals surface area contributed by atoms with E-state index in [0.717, 1.165) is 24.9 Å². The molecule has 1 atom stereocenters. The predicted octanol–water partition coefficient (Wildman–Crippen LogP) is 3.33. The van der Waals surface area contributed by atoms with E-state index in [2.05, 4.69) is 44.3 Å². The van der Waals surface area contributed by atoms with Gasteiger partial charge in [0.15, 0.2) is 0 Å². The van der Waals surface area contributed by atoms with E-state index in [1.807, 2.05) is 0 Å². The highest BCUT2D eigenvalue weighted by Crippen LogP contribution is 2.48. The lowest BCUT2D eigenvalue weighted by Crippen LogP contribution is -2.56. The maximum Gasteiger partial charge on any atom is 0.317 e. The van der Waals surface area contributed by atoms with Crippen LogP contribution in [-0.2, 0) is 4.74 Å². The quantitative estimate of drug-likeness (QED) is 0.646. The highest BCUT2D eigenvalue weighted by atomic mass is 16.5. The molecular weight excluding hydrogens is 380 g/mol. The van der Waals surface area contributed by atoms with Gasteiger partial charge in [-0.05, 0) is 62.7 Å². The van der Waals surface area contributed by atoms with Gasteiger partial charge in [0.25, 0.3) is 0 Å². The molecule has 1 saturated carbocycles. The number of nitrogens with zero attached hydrogens (tertiary/aromatic N) is 4. The minimum absolute atomic E-state index is 0.456. The second-order valence-corrected chi connectivity index (χ2v) is 9.16. The number of likely N-dealkylation sites (tertiary alicyclic amines) is 1. The molecule has 162 valence electrons. The van der Waals surface area contributed by atoms with E-state index in [4.69, 9.17) is 13.9 Å². The minimum atomic E-state index is 0.456. The second kappa shape index (κ2) is 8.55. The number of piperidine rings is 1. The number of methoxy groups -OCH3 is 1. The number of rotatable bonds is 7. The minimum Gasteiger partial charge on any atom is -0.491 e. The Bertz CT molecular complexity index is 814. The average Bonchev–Trinajstić information content (AvgIpc) is 3.44. The first-order valence-corrected chi connectivity index (χ1v) is 11.2. The third-order valence-corrected chi connectivity index (χ3v) is 7.30. The molecule has 1 aromatic carbocycles. The van der Waals surface area contributed by atoms with Gasteiger partial charge in [0.05, 0.1) is 6.61 Å². The van der Waals surface area contributed by atoms with Crippen molar-refractivity contribution in [2.24, 2.45) is 5.41 Å². The van der Waals surface area contributed by atoms with Crippen LogP contribution in [0.2, 0.25) is 0 Å². The normalized spacial score (nSPS) is 24.3. The maximum absolute atomic E-state index is 5.99. The van der Waals surface area contributed by atoms with Crippen molar-refractivity contribution >= 4 is 6.01 Å². The van der Waals surface area contributed by atoms with Crippen molar-refractivity contribution in [2.45, 2.75) is 44.1 Å². The van der Waals surface area contributed by atoms with Gasteiger partial charge in [0.1, 0.15) is 12.4 Å². The molecule has 0 amide bonds. The lowest BCUT2D eigenvalue weighted by molar-refractivity contribution is 0.127. The fraction of sp³-hybridized carbons (Fsp3) is 0.652. The zero-order valence-corrected chi connectivity index (χ0v) is 17.8. The van der Waals surface area contributed by atoms with Gasteiger partial charge < -0.3 is 23.7 Å². The summed E-state index contributed by atoms with van der Waals surface area (Å²) in [6.45, 7) is 5.73. The van der Waals surface area contributed by atoms with Gasteiger partial charge >= 0.3 is 6.01 Å². The second-order valence-electron chi connectivity index (χ2n) is 9.16. The molecule has 2 aromatic rings. The molecular formula is C23H32N4O3. The largest absolute Gasteiger partial charge is 0.491 e. The molecule has 1 aromatic heterocycles. The van der Waals surface area contributed by atoms with Crippen LogP contribution in [0.15, 0.2) is 35.1 Å². The number of para-hydroxylation sites is 1. The fourth-order valence-corrected chi connectivity index (χ4v) is 5.74. The first kappa shape index (κ1) is 19.8. The number of hydrogen-bond donors (Lipinski definition) is 0. The molecule has 1 aliphatic carbocycles. The van der Waals surface area contributed by atoms with Crippen molar-refractivity contribution in [3.05, 3.63) is 36.2 Å². The Balaban J connectivity index is 1.13. The molecule has 0 N–H and O–H groups in total. The van der Waals surface area contributed by atoms with Crippen molar-refractivity contribution in [2.75, 3.05) is 51.4 Å². The molecule has 5 rings (SSSR count). The van der Waals surface area contributed by atoms with Crippen LogP contribution in [0.3, 0.4) is 0 Å². The molecule has 3 heterocycles. The summed E-state index contributed by atoms with van der Waals surface area (Å²) >= 11 is 0. The predicted molar refractivity (Wildman–Crippen MR) is 114 cm³/mol. The maximum atomic E-state index is 5.99. The molecule has 7 heteroatoms. The lowest BCUT2D eigenvalue weighted by atomic mass is 9.78. The highest BCUT2D eigenvalue weighted by Gasteiger charge is 2.50. The first-order chi connectivity index (χ1) is 14.8. The Hall–Kier alpha value is -2.12. The van der Waals surface area contributed by atoms with Crippen LogP contribution in [0.5, 0.6) is 5.75 Å². The van der Waals surface area contributed by atoms with E-state index in [1.54, 1.807) is 7.11 Å². The van der Waals surface area contributed by atoms with Gasteiger partial charge in [0.2, 0.25) is 6.39 Å². The van der Waals surface area contributed by atoms with Gasteiger partial charge in [-0.15, -0.1) is 5.10 Å². The van der Waals surface area contributed by atoms with E-state index in [-0.39, 0.29) is 0 Å². The summed E-state index contributed by atoms with van der Waals surface area (Å²) in [7, 11) is 1.71. The van der Waals surface area contributed by atoms with Gasteiger partial charge in [-0.25, -0.2) is 0 Å². The van der Waals surface area contributed by atoms with E-state index in [0.29, 0.717) is 30.6 Å². The molecule has 3 fully saturated rings. The van der Waals surface area contributed by atoms with E-state index in [9.17, 15) is 0 Å². The summed E-state index contributed by atoms with van der Waals surface area (Å²) < 4.78 is 16.5. The highest BCUT2D eigenvalue weighted by molar-refractivity contribution is 5.37. The van der Waals surface area contributed by atoms with Gasteiger partial charge in [-0.2, -0.15) is 0 Å². The Labute approximate surface area is 178 Å². The number of ether oxygens (including phenoxy) is 2. The Morgan fingerprint density at radius 1 is 1.13 bits per heavy atom. The summed E-state index contributed by atoms with van der Waals surface area (Å²) in [6.07, 6.45) is 7.78. The molecule has 2 saturated heterocycles. The molecule has 0 bridgehead atoms. The molecule has 30 heavy (non-hydrogen) atoms. The Morgan fingerprint density at radius 2 is 1.97 bits per heavy atom. The monoisotopic (exact) mass is 412 g/mol. The van der Waals surface area contributed by atoms with Crippen molar-refractivity contribution < 1.29 is 13.9 Å².